The molecule has 0 saturated carbocycles. The van der Waals surface area contributed by atoms with Crippen molar-refractivity contribution in [2.24, 2.45) is 0 Å². The first-order valence-electron chi connectivity index (χ1n) is 9.99. The van der Waals surface area contributed by atoms with Gasteiger partial charge in [0.2, 0.25) is 0 Å². The van der Waals surface area contributed by atoms with Crippen molar-refractivity contribution in [1.29, 1.82) is 0 Å². The number of aryl methyl sites for hydroxylation is 1. The third-order valence-electron chi connectivity index (χ3n) is 4.98. The molecule has 172 valence electrons. The van der Waals surface area contributed by atoms with E-state index in [1.54, 1.807) is 36.6 Å². The molecule has 3 aromatic heterocycles. The van der Waals surface area contributed by atoms with Crippen molar-refractivity contribution in [2.45, 2.75) is 20.4 Å². The molecule has 0 aliphatic rings. The molecule has 33 heavy (non-hydrogen) atoms. The van der Waals surface area contributed by atoms with Gasteiger partial charge in [0.25, 0.3) is 0 Å². The highest BCUT2D eigenvalue weighted by Gasteiger charge is 2.20. The molecule has 0 aliphatic heterocycles. The summed E-state index contributed by atoms with van der Waals surface area (Å²) in [4.78, 5) is 20.5. The van der Waals surface area contributed by atoms with Gasteiger partial charge >= 0.3 is 5.97 Å². The zero-order chi connectivity index (χ0) is 23.7. The average Bonchev–Trinajstić information content (AvgIpc) is 3.34. The van der Waals surface area contributed by atoms with E-state index in [1.165, 1.54) is 6.33 Å². The third-order valence-corrected chi connectivity index (χ3v) is 6.11. The molecule has 0 saturated heterocycles. The number of thiophene rings is 1. The minimum absolute atomic E-state index is 0.000171. The van der Waals surface area contributed by atoms with E-state index in [1.807, 2.05) is 0 Å². The highest BCUT2D eigenvalue weighted by atomic mass is 32.1. The smallest absolute Gasteiger partial charge is 0.349 e. The average molecular weight is 476 g/mol. The fourth-order valence-electron chi connectivity index (χ4n) is 3.55. The van der Waals surface area contributed by atoms with Crippen LogP contribution in [0.25, 0.3) is 21.5 Å². The zero-order valence-corrected chi connectivity index (χ0v) is 18.5. The molecule has 2 N–H and O–H groups in total. The monoisotopic (exact) mass is 476 g/mol. The van der Waals surface area contributed by atoms with Gasteiger partial charge < -0.3 is 19.7 Å². The Hall–Kier alpha value is -3.60. The number of carboxylic acids is 1. The Balaban J connectivity index is 1.53. The lowest BCUT2D eigenvalue weighted by Gasteiger charge is -2.11. The topological polar surface area (TPSA) is 89.3 Å². The summed E-state index contributed by atoms with van der Waals surface area (Å²) in [6.07, 6.45) is 1.34. The normalized spacial score (nSPS) is 11.2. The maximum atomic E-state index is 14.3. The number of benzene rings is 1. The summed E-state index contributed by atoms with van der Waals surface area (Å²) in [5.74, 6) is -4.29. The Morgan fingerprint density at radius 2 is 1.97 bits per heavy atom. The first-order chi connectivity index (χ1) is 15.8. The first kappa shape index (κ1) is 22.6. The molecule has 0 atom stereocenters. The van der Waals surface area contributed by atoms with Crippen LogP contribution in [-0.2, 0) is 6.54 Å². The van der Waals surface area contributed by atoms with E-state index in [0.717, 1.165) is 17.4 Å². The number of fused-ring (bicyclic) bond motifs is 1. The van der Waals surface area contributed by atoms with E-state index in [0.29, 0.717) is 35.2 Å². The van der Waals surface area contributed by atoms with Crippen molar-refractivity contribution in [3.8, 4) is 16.3 Å². The van der Waals surface area contributed by atoms with Crippen LogP contribution in [0.15, 0.2) is 30.6 Å². The van der Waals surface area contributed by atoms with Crippen molar-refractivity contribution in [1.82, 2.24) is 14.5 Å². The third kappa shape index (κ3) is 4.36. The molecule has 7 nitrogen and oxygen atoms in total. The molecule has 0 spiro atoms. The summed E-state index contributed by atoms with van der Waals surface area (Å²) >= 11 is 1.04. The van der Waals surface area contributed by atoms with Gasteiger partial charge in [0.05, 0.1) is 22.7 Å². The maximum Gasteiger partial charge on any atom is 0.349 e. The van der Waals surface area contributed by atoms with Gasteiger partial charge in [0, 0.05) is 36.3 Å². The summed E-state index contributed by atoms with van der Waals surface area (Å²) in [7, 11) is 0. The molecule has 11 heteroatoms. The van der Waals surface area contributed by atoms with Crippen molar-refractivity contribution < 1.29 is 27.8 Å². The SMILES string of the molecule is CCOc1cc(-c2cc(NCCn3c(C)cc4cc(F)c(F)c(F)c43)ncn2)sc1C(=O)O. The van der Waals surface area contributed by atoms with Crippen LogP contribution in [0, 0.1) is 24.4 Å². The van der Waals surface area contributed by atoms with Crippen molar-refractivity contribution in [3.63, 3.8) is 0 Å². The van der Waals surface area contributed by atoms with Gasteiger partial charge in [-0.1, -0.05) is 0 Å². The molecule has 0 radical (unpaired) electrons. The molecule has 4 aromatic rings. The van der Waals surface area contributed by atoms with Crippen LogP contribution in [0.1, 0.15) is 22.3 Å². The van der Waals surface area contributed by atoms with Crippen LogP contribution >= 0.6 is 11.3 Å². The highest BCUT2D eigenvalue weighted by molar-refractivity contribution is 7.17. The maximum absolute atomic E-state index is 14.3. The Morgan fingerprint density at radius 1 is 1.18 bits per heavy atom. The van der Waals surface area contributed by atoms with E-state index in [2.05, 4.69) is 15.3 Å². The minimum atomic E-state index is -1.50. The number of aromatic carboxylic acids is 1. The second-order valence-electron chi connectivity index (χ2n) is 7.12. The number of carbonyl (C=O) groups is 1. The van der Waals surface area contributed by atoms with Crippen molar-refractivity contribution in [3.05, 3.63) is 58.6 Å². The van der Waals surface area contributed by atoms with Gasteiger partial charge in [-0.15, -0.1) is 11.3 Å². The van der Waals surface area contributed by atoms with E-state index in [4.69, 9.17) is 4.74 Å². The second-order valence-corrected chi connectivity index (χ2v) is 8.17. The first-order valence-corrected chi connectivity index (χ1v) is 10.8. The fraction of sp³-hybridized carbons (Fsp3) is 0.227. The lowest BCUT2D eigenvalue weighted by molar-refractivity contribution is 0.0698. The molecule has 0 fully saturated rings. The van der Waals surface area contributed by atoms with E-state index in [-0.39, 0.29) is 28.1 Å². The minimum Gasteiger partial charge on any atom is -0.492 e. The molecule has 0 unspecified atom stereocenters. The van der Waals surface area contributed by atoms with Crippen molar-refractivity contribution in [2.75, 3.05) is 18.5 Å². The molecular weight excluding hydrogens is 457 g/mol. The summed E-state index contributed by atoms with van der Waals surface area (Å²) in [5, 5.41) is 12.8. The van der Waals surface area contributed by atoms with Crippen LogP contribution in [0.2, 0.25) is 0 Å². The Morgan fingerprint density at radius 3 is 2.70 bits per heavy atom. The summed E-state index contributed by atoms with van der Waals surface area (Å²) < 4.78 is 48.6. The Kier molecular flexibility index (Phi) is 6.23. The molecule has 0 aliphatic carbocycles. The number of halogens is 3. The molecule has 4 rings (SSSR count). The second kappa shape index (κ2) is 9.10. The van der Waals surface area contributed by atoms with E-state index < -0.39 is 23.4 Å². The predicted molar refractivity (Wildman–Crippen MR) is 119 cm³/mol. The summed E-state index contributed by atoms with van der Waals surface area (Å²) in [6.45, 7) is 4.41. The number of nitrogens with one attached hydrogen (secondary N) is 1. The predicted octanol–water partition coefficient (Wildman–Crippen LogP) is 5.09. The van der Waals surface area contributed by atoms with Gasteiger partial charge in [-0.05, 0) is 26.0 Å². The van der Waals surface area contributed by atoms with Gasteiger partial charge in [0.1, 0.15) is 17.9 Å². The number of anilines is 1. The molecule has 0 bridgehead atoms. The van der Waals surface area contributed by atoms with E-state index >= 15 is 0 Å². The number of hydrogen-bond acceptors (Lipinski definition) is 6. The van der Waals surface area contributed by atoms with Gasteiger partial charge in [-0.2, -0.15) is 0 Å². The number of aromatic nitrogens is 3. The Labute approximate surface area is 190 Å². The standard InChI is InChI=1S/C22H19F3N4O3S/c1-3-32-15-9-16(33-21(15)22(30)31)14-8-17(28-10-27-14)26-4-5-29-11(2)6-12-7-13(23)18(24)19(25)20(12)29/h6-10H,3-5H2,1-2H3,(H,30,31)(H,26,27,28). The summed E-state index contributed by atoms with van der Waals surface area (Å²) in [5.41, 5.74) is 1.17. The van der Waals surface area contributed by atoms with E-state index in [9.17, 15) is 23.1 Å². The molecule has 0 amide bonds. The Bertz CT molecular complexity index is 1350. The lowest BCUT2D eigenvalue weighted by atomic mass is 10.2. The van der Waals surface area contributed by atoms with Crippen LogP contribution in [-0.4, -0.2) is 38.8 Å². The van der Waals surface area contributed by atoms with Gasteiger partial charge in [-0.25, -0.2) is 27.9 Å². The zero-order valence-electron chi connectivity index (χ0n) is 17.7. The number of rotatable bonds is 8. The van der Waals surface area contributed by atoms with Gasteiger partial charge in [-0.3, -0.25) is 0 Å². The number of hydrogen-bond donors (Lipinski definition) is 2. The van der Waals surface area contributed by atoms with Crippen molar-refractivity contribution >= 4 is 34.0 Å². The van der Waals surface area contributed by atoms with Crippen LogP contribution in [0.4, 0.5) is 19.0 Å². The highest BCUT2D eigenvalue weighted by Crippen LogP contribution is 2.36. The fourth-order valence-corrected chi connectivity index (χ4v) is 4.46. The number of ether oxygens (including phenoxy) is 1. The van der Waals surface area contributed by atoms with Crippen LogP contribution < -0.4 is 10.1 Å². The molecular formula is C22H19F3N4O3S. The molecule has 1 aromatic carbocycles. The lowest BCUT2D eigenvalue weighted by Crippen LogP contribution is -2.13. The largest absolute Gasteiger partial charge is 0.492 e. The molecule has 3 heterocycles. The van der Waals surface area contributed by atoms with Gasteiger partial charge in [0.15, 0.2) is 22.3 Å². The number of nitrogens with zero attached hydrogens (tertiary/aromatic N) is 3. The summed E-state index contributed by atoms with van der Waals surface area (Å²) in [6, 6.07) is 5.85. The quantitative estimate of drug-likeness (QED) is 0.344. The number of carboxylic acid groups (broad SMARTS) is 1. The van der Waals surface area contributed by atoms with Crippen LogP contribution in [0.3, 0.4) is 0 Å². The van der Waals surface area contributed by atoms with Crippen LogP contribution in [0.5, 0.6) is 5.75 Å².